The van der Waals surface area contributed by atoms with Gasteiger partial charge in [0.2, 0.25) is 0 Å². The average molecular weight is 252 g/mol. The van der Waals surface area contributed by atoms with Gasteiger partial charge in [-0.15, -0.1) is 0 Å². The number of hydrogen-bond donors (Lipinski definition) is 1. The van der Waals surface area contributed by atoms with Crippen LogP contribution in [0.2, 0.25) is 0 Å². The minimum absolute atomic E-state index is 0.135. The number of rotatable bonds is 5. The summed E-state index contributed by atoms with van der Waals surface area (Å²) in [4.78, 5) is 2.02. The molecule has 1 N–H and O–H groups in total. The van der Waals surface area contributed by atoms with Gasteiger partial charge in [0.15, 0.2) is 0 Å². The van der Waals surface area contributed by atoms with Crippen LogP contribution in [0, 0.1) is 11.3 Å². The van der Waals surface area contributed by atoms with E-state index in [1.165, 1.54) is 0 Å². The lowest BCUT2D eigenvalue weighted by Gasteiger charge is -2.26. The van der Waals surface area contributed by atoms with Crippen molar-refractivity contribution in [2.75, 3.05) is 11.4 Å². The molecule has 3 nitrogen and oxygen atoms in total. The molecule has 96 valence electrons. The summed E-state index contributed by atoms with van der Waals surface area (Å²) in [6.45, 7) is 0.404. The monoisotopic (exact) mass is 252 g/mol. The van der Waals surface area contributed by atoms with Crippen molar-refractivity contribution in [2.24, 2.45) is 0 Å². The van der Waals surface area contributed by atoms with Crippen LogP contribution in [0.25, 0.3) is 0 Å². The molecule has 2 rings (SSSR count). The van der Waals surface area contributed by atoms with E-state index in [0.29, 0.717) is 6.54 Å². The van der Waals surface area contributed by atoms with E-state index in [9.17, 15) is 5.11 Å². The molecule has 0 fully saturated rings. The van der Waals surface area contributed by atoms with Crippen molar-refractivity contribution < 1.29 is 5.11 Å². The molecule has 0 aliphatic rings. The highest BCUT2D eigenvalue weighted by molar-refractivity contribution is 5.63. The van der Waals surface area contributed by atoms with Crippen molar-refractivity contribution >= 4 is 11.4 Å². The van der Waals surface area contributed by atoms with Crippen LogP contribution >= 0.6 is 0 Å². The van der Waals surface area contributed by atoms with E-state index in [0.717, 1.165) is 11.4 Å². The molecule has 3 heteroatoms. The molecule has 0 heterocycles. The zero-order valence-electron chi connectivity index (χ0n) is 10.6. The Hall–Kier alpha value is -2.31. The predicted octanol–water partition coefficient (Wildman–Crippen LogP) is 3.10. The molecule has 0 radical (unpaired) electrons. The Bertz CT molecular complexity index is 494. The average Bonchev–Trinajstić information content (AvgIpc) is 2.47. The van der Waals surface area contributed by atoms with Crippen LogP contribution in [0.15, 0.2) is 60.7 Å². The number of nitriles is 1. The van der Waals surface area contributed by atoms with Gasteiger partial charge in [0.25, 0.3) is 0 Å². The summed E-state index contributed by atoms with van der Waals surface area (Å²) >= 11 is 0. The Morgan fingerprint density at radius 1 is 0.947 bits per heavy atom. The Morgan fingerprint density at radius 3 is 1.84 bits per heavy atom. The van der Waals surface area contributed by atoms with E-state index >= 15 is 0 Å². The van der Waals surface area contributed by atoms with E-state index in [-0.39, 0.29) is 6.42 Å². The normalized spacial score (nSPS) is 11.6. The number of para-hydroxylation sites is 2. The van der Waals surface area contributed by atoms with E-state index in [4.69, 9.17) is 5.26 Å². The van der Waals surface area contributed by atoms with E-state index in [1.54, 1.807) is 0 Å². The fraction of sp³-hybridized carbons (Fsp3) is 0.188. The van der Waals surface area contributed by atoms with Crippen molar-refractivity contribution in [1.82, 2.24) is 0 Å². The standard InChI is InChI=1S/C16H16N2O/c17-12-11-16(19)13-18(14-7-3-1-4-8-14)15-9-5-2-6-10-15/h1-10,16,19H,11,13H2. The maximum Gasteiger partial charge on any atom is 0.0848 e. The van der Waals surface area contributed by atoms with Crippen LogP contribution in [0.3, 0.4) is 0 Å². The molecule has 0 saturated carbocycles. The molecule has 0 aliphatic heterocycles. The van der Waals surface area contributed by atoms with Crippen molar-refractivity contribution in [3.63, 3.8) is 0 Å². The lowest BCUT2D eigenvalue weighted by molar-refractivity contribution is 0.188. The zero-order valence-corrected chi connectivity index (χ0v) is 10.6. The topological polar surface area (TPSA) is 47.3 Å². The molecule has 19 heavy (non-hydrogen) atoms. The Balaban J connectivity index is 2.27. The molecule has 0 bridgehead atoms. The summed E-state index contributed by atoms with van der Waals surface area (Å²) < 4.78 is 0. The molecule has 2 aromatic carbocycles. The quantitative estimate of drug-likeness (QED) is 0.889. The van der Waals surface area contributed by atoms with Gasteiger partial charge in [-0.3, -0.25) is 0 Å². The first-order valence-electron chi connectivity index (χ1n) is 6.24. The van der Waals surface area contributed by atoms with Gasteiger partial charge in [0.05, 0.1) is 25.1 Å². The minimum Gasteiger partial charge on any atom is -0.390 e. The number of hydrogen-bond acceptors (Lipinski definition) is 3. The summed E-state index contributed by atoms with van der Waals surface area (Å²) in [5, 5.41) is 18.5. The summed E-state index contributed by atoms with van der Waals surface area (Å²) in [6.07, 6.45) is -0.527. The van der Waals surface area contributed by atoms with E-state index in [1.807, 2.05) is 71.6 Å². The summed E-state index contributed by atoms with van der Waals surface area (Å²) in [5.41, 5.74) is 2.01. The maximum absolute atomic E-state index is 9.88. The number of aliphatic hydroxyl groups excluding tert-OH is 1. The second kappa shape index (κ2) is 6.58. The molecule has 2 aromatic rings. The Morgan fingerprint density at radius 2 is 1.42 bits per heavy atom. The second-order valence-corrected chi connectivity index (χ2v) is 4.30. The molecule has 0 amide bonds. The van der Waals surface area contributed by atoms with Crippen LogP contribution in [0.5, 0.6) is 0 Å². The molecular formula is C16H16N2O. The number of aliphatic hydroxyl groups is 1. The highest BCUT2D eigenvalue weighted by Crippen LogP contribution is 2.25. The SMILES string of the molecule is N#CCC(O)CN(c1ccccc1)c1ccccc1. The third-order valence-corrected chi connectivity index (χ3v) is 2.86. The fourth-order valence-corrected chi connectivity index (χ4v) is 1.96. The fourth-order valence-electron chi connectivity index (χ4n) is 1.96. The van der Waals surface area contributed by atoms with Gasteiger partial charge < -0.3 is 10.0 Å². The van der Waals surface area contributed by atoms with Gasteiger partial charge >= 0.3 is 0 Å². The lowest BCUT2D eigenvalue weighted by Crippen LogP contribution is -2.28. The first-order valence-corrected chi connectivity index (χ1v) is 6.24. The lowest BCUT2D eigenvalue weighted by atomic mass is 10.2. The van der Waals surface area contributed by atoms with Crippen molar-refractivity contribution in [2.45, 2.75) is 12.5 Å². The van der Waals surface area contributed by atoms with Crippen molar-refractivity contribution in [3.05, 3.63) is 60.7 Å². The number of anilines is 2. The van der Waals surface area contributed by atoms with Crippen LogP contribution < -0.4 is 4.90 Å². The first-order chi connectivity index (χ1) is 9.31. The van der Waals surface area contributed by atoms with E-state index in [2.05, 4.69) is 0 Å². The number of benzene rings is 2. The highest BCUT2D eigenvalue weighted by Gasteiger charge is 2.13. The molecule has 0 saturated heterocycles. The van der Waals surface area contributed by atoms with Gasteiger partial charge in [-0.1, -0.05) is 36.4 Å². The first kappa shape index (κ1) is 13.1. The zero-order chi connectivity index (χ0) is 13.5. The Labute approximate surface area is 113 Å². The maximum atomic E-state index is 9.88. The minimum atomic E-state index is -0.662. The van der Waals surface area contributed by atoms with Crippen molar-refractivity contribution in [1.29, 1.82) is 5.26 Å². The predicted molar refractivity (Wildman–Crippen MR) is 76.1 cm³/mol. The third-order valence-electron chi connectivity index (χ3n) is 2.86. The van der Waals surface area contributed by atoms with Gasteiger partial charge in [-0.05, 0) is 24.3 Å². The summed E-state index contributed by atoms with van der Waals surface area (Å²) in [7, 11) is 0. The van der Waals surface area contributed by atoms with Gasteiger partial charge in [0, 0.05) is 11.4 Å². The molecule has 1 atom stereocenters. The largest absolute Gasteiger partial charge is 0.390 e. The molecule has 1 unspecified atom stereocenters. The number of nitrogens with zero attached hydrogens (tertiary/aromatic N) is 2. The molecule has 0 aromatic heterocycles. The van der Waals surface area contributed by atoms with E-state index < -0.39 is 6.10 Å². The molecule has 0 aliphatic carbocycles. The Kier molecular flexibility index (Phi) is 4.54. The summed E-state index contributed by atoms with van der Waals surface area (Å²) in [6, 6.07) is 21.7. The van der Waals surface area contributed by atoms with Crippen molar-refractivity contribution in [3.8, 4) is 6.07 Å². The second-order valence-electron chi connectivity index (χ2n) is 4.30. The third kappa shape index (κ3) is 3.57. The summed E-state index contributed by atoms with van der Waals surface area (Å²) in [5.74, 6) is 0. The van der Waals surface area contributed by atoms with Crippen LogP contribution in [0.4, 0.5) is 11.4 Å². The highest BCUT2D eigenvalue weighted by atomic mass is 16.3. The smallest absolute Gasteiger partial charge is 0.0848 e. The molecular weight excluding hydrogens is 236 g/mol. The van der Waals surface area contributed by atoms with Gasteiger partial charge in [0.1, 0.15) is 0 Å². The van der Waals surface area contributed by atoms with Gasteiger partial charge in [-0.25, -0.2) is 0 Å². The van der Waals surface area contributed by atoms with Crippen LogP contribution in [-0.4, -0.2) is 17.8 Å². The van der Waals surface area contributed by atoms with Gasteiger partial charge in [-0.2, -0.15) is 5.26 Å². The van der Waals surface area contributed by atoms with Crippen LogP contribution in [0.1, 0.15) is 6.42 Å². The molecule has 0 spiro atoms. The van der Waals surface area contributed by atoms with Crippen LogP contribution in [-0.2, 0) is 0 Å².